The third kappa shape index (κ3) is 2.43. The summed E-state index contributed by atoms with van der Waals surface area (Å²) >= 11 is 0. The Labute approximate surface area is 101 Å². The Bertz CT molecular complexity index is 507. The number of nitrogen functional groups attached to an aromatic ring is 1. The molecule has 0 spiro atoms. The molecule has 1 aliphatic rings. The van der Waals surface area contributed by atoms with Crippen LogP contribution in [0.5, 0.6) is 0 Å². The molecule has 1 aromatic rings. The highest BCUT2D eigenvalue weighted by atomic mass is 32.2. The van der Waals surface area contributed by atoms with E-state index in [2.05, 4.69) is 0 Å². The van der Waals surface area contributed by atoms with Gasteiger partial charge in [-0.1, -0.05) is 10.5 Å². The van der Waals surface area contributed by atoms with Crippen LogP contribution in [0.15, 0.2) is 23.1 Å². The van der Waals surface area contributed by atoms with E-state index in [9.17, 15) is 8.42 Å². The van der Waals surface area contributed by atoms with Crippen molar-refractivity contribution < 1.29 is 13.3 Å². The Morgan fingerprint density at radius 1 is 1.35 bits per heavy atom. The number of rotatable bonds is 2. The van der Waals surface area contributed by atoms with Crippen molar-refractivity contribution >= 4 is 15.7 Å². The fourth-order valence-corrected chi connectivity index (χ4v) is 3.17. The zero-order valence-electron chi connectivity index (χ0n) is 9.72. The maximum atomic E-state index is 12.2. The van der Waals surface area contributed by atoms with Crippen LogP contribution in [0, 0.1) is 6.92 Å². The number of sulfonamides is 1. The van der Waals surface area contributed by atoms with Crippen LogP contribution in [0.1, 0.15) is 18.4 Å². The molecule has 1 heterocycles. The molecule has 0 bridgehead atoms. The lowest BCUT2D eigenvalue weighted by Gasteiger charge is -2.25. The van der Waals surface area contributed by atoms with E-state index in [0.29, 0.717) is 13.2 Å². The zero-order valence-corrected chi connectivity index (χ0v) is 10.5. The highest BCUT2D eigenvalue weighted by molar-refractivity contribution is 7.89. The predicted molar refractivity (Wildman–Crippen MR) is 64.7 cm³/mol. The number of nitrogens with two attached hydrogens (primary N) is 1. The van der Waals surface area contributed by atoms with Gasteiger partial charge in [0.25, 0.3) is 10.0 Å². The van der Waals surface area contributed by atoms with Gasteiger partial charge in [0.2, 0.25) is 0 Å². The van der Waals surface area contributed by atoms with Crippen molar-refractivity contribution in [3.05, 3.63) is 23.8 Å². The minimum Gasteiger partial charge on any atom is -0.398 e. The van der Waals surface area contributed by atoms with E-state index in [-0.39, 0.29) is 10.6 Å². The average Bonchev–Trinajstić information content (AvgIpc) is 2.29. The van der Waals surface area contributed by atoms with E-state index in [4.69, 9.17) is 10.6 Å². The average molecular weight is 256 g/mol. The van der Waals surface area contributed by atoms with Crippen molar-refractivity contribution in [2.24, 2.45) is 0 Å². The van der Waals surface area contributed by atoms with Crippen LogP contribution in [0.25, 0.3) is 0 Å². The topological polar surface area (TPSA) is 72.6 Å². The smallest absolute Gasteiger partial charge is 0.267 e. The highest BCUT2D eigenvalue weighted by Crippen LogP contribution is 2.25. The summed E-state index contributed by atoms with van der Waals surface area (Å²) in [6, 6.07) is 4.90. The van der Waals surface area contributed by atoms with Gasteiger partial charge in [-0.05, 0) is 37.5 Å². The Kier molecular flexibility index (Phi) is 3.37. The lowest BCUT2D eigenvalue weighted by Crippen LogP contribution is -2.36. The number of nitrogens with zero attached hydrogens (tertiary/aromatic N) is 1. The first kappa shape index (κ1) is 12.3. The second kappa shape index (κ2) is 4.64. The van der Waals surface area contributed by atoms with Crippen LogP contribution in [0.2, 0.25) is 0 Å². The summed E-state index contributed by atoms with van der Waals surface area (Å²) in [6.07, 6.45) is 1.69. The van der Waals surface area contributed by atoms with Crippen molar-refractivity contribution in [1.82, 2.24) is 4.47 Å². The lowest BCUT2D eigenvalue weighted by molar-refractivity contribution is -0.108. The second-order valence-corrected chi connectivity index (χ2v) is 5.91. The van der Waals surface area contributed by atoms with E-state index in [1.807, 2.05) is 6.92 Å². The maximum Gasteiger partial charge on any atom is 0.267 e. The summed E-state index contributed by atoms with van der Waals surface area (Å²) in [5, 5.41) is 0. The maximum absolute atomic E-state index is 12.2. The first-order chi connectivity index (χ1) is 8.01. The largest absolute Gasteiger partial charge is 0.398 e. The fourth-order valence-electron chi connectivity index (χ4n) is 1.78. The molecule has 2 rings (SSSR count). The molecule has 0 saturated carbocycles. The van der Waals surface area contributed by atoms with Crippen LogP contribution in [0.3, 0.4) is 0 Å². The Hall–Kier alpha value is -1.11. The summed E-state index contributed by atoms with van der Waals surface area (Å²) in [5.74, 6) is 0. The van der Waals surface area contributed by atoms with Gasteiger partial charge < -0.3 is 5.73 Å². The monoisotopic (exact) mass is 256 g/mol. The molecule has 0 radical (unpaired) electrons. The SMILES string of the molecule is Cc1ccc(S(=O)(=O)N2CCCCO2)c(N)c1. The summed E-state index contributed by atoms with van der Waals surface area (Å²) in [5.41, 5.74) is 6.95. The minimum atomic E-state index is -3.62. The van der Waals surface area contributed by atoms with E-state index in [1.165, 1.54) is 6.07 Å². The molecule has 0 atom stereocenters. The standard InChI is InChI=1S/C11H16N2O3S/c1-9-4-5-11(10(12)8-9)17(14,15)13-6-2-3-7-16-13/h4-5,8H,2-3,6-7,12H2,1H3. The molecule has 1 aromatic carbocycles. The molecule has 1 saturated heterocycles. The van der Waals surface area contributed by atoms with Crippen molar-refractivity contribution in [2.45, 2.75) is 24.7 Å². The van der Waals surface area contributed by atoms with Crippen molar-refractivity contribution in [2.75, 3.05) is 18.9 Å². The summed E-state index contributed by atoms with van der Waals surface area (Å²) in [6.45, 7) is 2.69. The van der Waals surface area contributed by atoms with Crippen LogP contribution in [-0.4, -0.2) is 26.0 Å². The quantitative estimate of drug-likeness (QED) is 0.809. The molecule has 6 heteroatoms. The van der Waals surface area contributed by atoms with E-state index >= 15 is 0 Å². The lowest BCUT2D eigenvalue weighted by atomic mass is 10.2. The summed E-state index contributed by atoms with van der Waals surface area (Å²) < 4.78 is 25.5. The van der Waals surface area contributed by atoms with Gasteiger partial charge in [-0.2, -0.15) is 0 Å². The molecular formula is C11H16N2O3S. The van der Waals surface area contributed by atoms with Crippen molar-refractivity contribution in [3.8, 4) is 0 Å². The second-order valence-electron chi connectivity index (χ2n) is 4.11. The van der Waals surface area contributed by atoms with Gasteiger partial charge in [0, 0.05) is 6.54 Å². The Balaban J connectivity index is 2.37. The molecule has 1 aliphatic heterocycles. The molecule has 17 heavy (non-hydrogen) atoms. The molecule has 2 N–H and O–H groups in total. The van der Waals surface area contributed by atoms with E-state index in [1.54, 1.807) is 12.1 Å². The fraction of sp³-hybridized carbons (Fsp3) is 0.455. The van der Waals surface area contributed by atoms with Gasteiger partial charge >= 0.3 is 0 Å². The normalized spacial score (nSPS) is 18.2. The third-order valence-corrected chi connectivity index (χ3v) is 4.43. The van der Waals surface area contributed by atoms with Crippen LogP contribution in [0.4, 0.5) is 5.69 Å². The molecular weight excluding hydrogens is 240 g/mol. The molecule has 0 aliphatic carbocycles. The van der Waals surface area contributed by atoms with E-state index < -0.39 is 10.0 Å². The third-order valence-electron chi connectivity index (χ3n) is 2.68. The van der Waals surface area contributed by atoms with Crippen molar-refractivity contribution in [3.63, 3.8) is 0 Å². The van der Waals surface area contributed by atoms with E-state index in [0.717, 1.165) is 22.9 Å². The molecule has 0 aromatic heterocycles. The Morgan fingerprint density at radius 3 is 2.71 bits per heavy atom. The number of hydrogen-bond acceptors (Lipinski definition) is 4. The van der Waals surface area contributed by atoms with Gasteiger partial charge in [-0.25, -0.2) is 8.42 Å². The van der Waals surface area contributed by atoms with Gasteiger partial charge in [0.1, 0.15) is 4.90 Å². The summed E-state index contributed by atoms with van der Waals surface area (Å²) in [4.78, 5) is 5.29. The molecule has 1 fully saturated rings. The number of hydrogen-bond donors (Lipinski definition) is 1. The molecule has 0 amide bonds. The van der Waals surface area contributed by atoms with Gasteiger partial charge in [-0.3, -0.25) is 4.84 Å². The molecule has 0 unspecified atom stereocenters. The number of aryl methyl sites for hydroxylation is 1. The van der Waals surface area contributed by atoms with Gasteiger partial charge in [-0.15, -0.1) is 0 Å². The summed E-state index contributed by atoms with van der Waals surface area (Å²) in [7, 11) is -3.62. The van der Waals surface area contributed by atoms with Crippen LogP contribution in [-0.2, 0) is 14.9 Å². The first-order valence-electron chi connectivity index (χ1n) is 5.53. The predicted octanol–water partition coefficient (Wildman–Crippen LogP) is 1.29. The number of anilines is 1. The Morgan fingerprint density at radius 2 is 2.12 bits per heavy atom. The highest BCUT2D eigenvalue weighted by Gasteiger charge is 2.28. The minimum absolute atomic E-state index is 0.116. The van der Waals surface area contributed by atoms with Crippen LogP contribution >= 0.6 is 0 Å². The first-order valence-corrected chi connectivity index (χ1v) is 6.97. The number of benzene rings is 1. The van der Waals surface area contributed by atoms with Crippen LogP contribution < -0.4 is 5.73 Å². The van der Waals surface area contributed by atoms with Crippen molar-refractivity contribution in [1.29, 1.82) is 0 Å². The van der Waals surface area contributed by atoms with Gasteiger partial charge in [0.05, 0.1) is 12.3 Å². The zero-order chi connectivity index (χ0) is 12.5. The molecule has 94 valence electrons. The molecule has 5 nitrogen and oxygen atoms in total. The number of hydroxylamine groups is 1. The van der Waals surface area contributed by atoms with Gasteiger partial charge in [0.15, 0.2) is 0 Å².